The second kappa shape index (κ2) is 5.55. The highest BCUT2D eigenvalue weighted by atomic mass is 32.1. The summed E-state index contributed by atoms with van der Waals surface area (Å²) < 4.78 is 17.6. The highest BCUT2D eigenvalue weighted by Crippen LogP contribution is 2.34. The second-order valence-electron chi connectivity index (χ2n) is 5.84. The number of hydrogen-bond acceptors (Lipinski definition) is 5. The minimum absolute atomic E-state index is 0.140. The summed E-state index contributed by atoms with van der Waals surface area (Å²) in [7, 11) is 0. The van der Waals surface area contributed by atoms with Crippen LogP contribution >= 0.6 is 11.5 Å². The van der Waals surface area contributed by atoms with E-state index in [2.05, 4.69) is 35.8 Å². The number of benzene rings is 1. The van der Waals surface area contributed by atoms with Gasteiger partial charge in [0.2, 0.25) is 0 Å². The SMILES string of the molecule is Cc1ccc(F)cc1C(NN)c1snnc1C(C)(C)C. The second-order valence-corrected chi connectivity index (χ2v) is 6.62. The molecule has 1 atom stereocenters. The van der Waals surface area contributed by atoms with Crippen LogP contribution in [0.1, 0.15) is 48.5 Å². The molecule has 108 valence electrons. The van der Waals surface area contributed by atoms with Gasteiger partial charge in [0.1, 0.15) is 5.82 Å². The van der Waals surface area contributed by atoms with Gasteiger partial charge in [-0.3, -0.25) is 5.84 Å². The lowest BCUT2D eigenvalue weighted by molar-refractivity contribution is 0.541. The molecule has 0 saturated heterocycles. The first-order chi connectivity index (χ1) is 9.34. The van der Waals surface area contributed by atoms with Crippen molar-refractivity contribution in [3.05, 3.63) is 45.7 Å². The standard InChI is InChI=1S/C14H19FN4S/c1-8-5-6-9(15)7-10(8)11(17-16)12-13(14(2,3)4)18-19-20-12/h5-7,11,17H,16H2,1-4H3. The van der Waals surface area contributed by atoms with E-state index >= 15 is 0 Å². The number of hydrazine groups is 1. The van der Waals surface area contributed by atoms with Gasteiger partial charge in [0.25, 0.3) is 0 Å². The summed E-state index contributed by atoms with van der Waals surface area (Å²) in [6.45, 7) is 8.14. The lowest BCUT2D eigenvalue weighted by Gasteiger charge is -2.22. The third-order valence-corrected chi connectivity index (χ3v) is 3.99. The van der Waals surface area contributed by atoms with Crippen molar-refractivity contribution in [3.8, 4) is 0 Å². The monoisotopic (exact) mass is 294 g/mol. The molecular formula is C14H19FN4S. The van der Waals surface area contributed by atoms with E-state index < -0.39 is 0 Å². The van der Waals surface area contributed by atoms with E-state index in [1.54, 1.807) is 6.07 Å². The van der Waals surface area contributed by atoms with E-state index in [1.165, 1.54) is 23.7 Å². The topological polar surface area (TPSA) is 63.8 Å². The van der Waals surface area contributed by atoms with Crippen LogP contribution in [0.2, 0.25) is 0 Å². The van der Waals surface area contributed by atoms with Gasteiger partial charge in [-0.2, -0.15) is 0 Å². The van der Waals surface area contributed by atoms with Gasteiger partial charge in [0, 0.05) is 5.41 Å². The molecule has 0 bridgehead atoms. The molecule has 0 aliphatic rings. The van der Waals surface area contributed by atoms with Gasteiger partial charge >= 0.3 is 0 Å². The Morgan fingerprint density at radius 3 is 2.65 bits per heavy atom. The quantitative estimate of drug-likeness (QED) is 0.675. The molecule has 0 radical (unpaired) electrons. The van der Waals surface area contributed by atoms with Crippen LogP contribution in [0.3, 0.4) is 0 Å². The molecule has 0 aliphatic carbocycles. The Balaban J connectivity index is 2.54. The molecular weight excluding hydrogens is 275 g/mol. The van der Waals surface area contributed by atoms with Crippen LogP contribution in [0.4, 0.5) is 4.39 Å². The summed E-state index contributed by atoms with van der Waals surface area (Å²) in [5.41, 5.74) is 5.29. The lowest BCUT2D eigenvalue weighted by Crippen LogP contribution is -2.31. The first-order valence-corrected chi connectivity index (χ1v) is 7.17. The Labute approximate surface area is 122 Å². The van der Waals surface area contributed by atoms with Crippen molar-refractivity contribution in [2.45, 2.75) is 39.2 Å². The summed E-state index contributed by atoms with van der Waals surface area (Å²) in [5, 5.41) is 4.21. The van der Waals surface area contributed by atoms with Crippen LogP contribution in [0, 0.1) is 12.7 Å². The average molecular weight is 294 g/mol. The van der Waals surface area contributed by atoms with E-state index in [0.717, 1.165) is 21.7 Å². The Morgan fingerprint density at radius 2 is 2.05 bits per heavy atom. The van der Waals surface area contributed by atoms with Gasteiger partial charge in [-0.1, -0.05) is 31.3 Å². The van der Waals surface area contributed by atoms with Crippen molar-refractivity contribution >= 4 is 11.5 Å². The van der Waals surface area contributed by atoms with Crippen molar-refractivity contribution in [1.29, 1.82) is 0 Å². The number of aryl methyl sites for hydroxylation is 1. The molecule has 2 aromatic rings. The van der Waals surface area contributed by atoms with E-state index in [1.807, 2.05) is 6.92 Å². The molecule has 1 unspecified atom stereocenters. The van der Waals surface area contributed by atoms with Crippen molar-refractivity contribution in [1.82, 2.24) is 15.0 Å². The molecule has 2 rings (SSSR count). The Bertz CT molecular complexity index is 603. The first-order valence-electron chi connectivity index (χ1n) is 6.39. The van der Waals surface area contributed by atoms with Crippen LogP contribution < -0.4 is 11.3 Å². The molecule has 20 heavy (non-hydrogen) atoms. The fraction of sp³-hybridized carbons (Fsp3) is 0.429. The van der Waals surface area contributed by atoms with Gasteiger partial charge in [0.15, 0.2) is 0 Å². The summed E-state index contributed by atoms with van der Waals surface area (Å²) in [5.74, 6) is 5.43. The van der Waals surface area contributed by atoms with Gasteiger partial charge in [-0.25, -0.2) is 9.82 Å². The Hall–Kier alpha value is -1.37. The largest absolute Gasteiger partial charge is 0.271 e. The highest BCUT2D eigenvalue weighted by molar-refractivity contribution is 7.05. The van der Waals surface area contributed by atoms with Crippen LogP contribution in [-0.2, 0) is 5.41 Å². The average Bonchev–Trinajstić information content (AvgIpc) is 2.83. The molecule has 1 heterocycles. The molecule has 1 aromatic heterocycles. The van der Waals surface area contributed by atoms with Gasteiger partial charge in [0.05, 0.1) is 16.6 Å². The fourth-order valence-electron chi connectivity index (χ4n) is 2.14. The molecule has 6 heteroatoms. The number of aromatic nitrogens is 2. The maximum Gasteiger partial charge on any atom is 0.123 e. The molecule has 3 N–H and O–H groups in total. The molecule has 1 aromatic carbocycles. The number of nitrogens with one attached hydrogen (secondary N) is 1. The maximum atomic E-state index is 13.5. The summed E-state index contributed by atoms with van der Waals surface area (Å²) in [6.07, 6.45) is 0. The van der Waals surface area contributed by atoms with Crippen molar-refractivity contribution in [2.75, 3.05) is 0 Å². The predicted octanol–water partition coefficient (Wildman–Crippen LogP) is 2.84. The van der Waals surface area contributed by atoms with Crippen LogP contribution in [0.15, 0.2) is 18.2 Å². The zero-order valence-electron chi connectivity index (χ0n) is 12.1. The molecule has 0 saturated carbocycles. The minimum atomic E-state index is -0.306. The number of rotatable bonds is 3. The highest BCUT2D eigenvalue weighted by Gasteiger charge is 2.28. The van der Waals surface area contributed by atoms with Crippen LogP contribution in [0.25, 0.3) is 0 Å². The van der Waals surface area contributed by atoms with E-state index in [-0.39, 0.29) is 17.3 Å². The fourth-order valence-corrected chi connectivity index (χ4v) is 3.08. The summed E-state index contributed by atoms with van der Waals surface area (Å²) in [4.78, 5) is 0.925. The zero-order chi connectivity index (χ0) is 14.9. The van der Waals surface area contributed by atoms with Crippen molar-refractivity contribution in [3.63, 3.8) is 0 Å². The summed E-state index contributed by atoms with van der Waals surface area (Å²) >= 11 is 1.29. The number of halogens is 1. The number of nitrogens with two attached hydrogens (primary N) is 1. The molecule has 0 spiro atoms. The van der Waals surface area contributed by atoms with Crippen molar-refractivity contribution < 1.29 is 4.39 Å². The molecule has 0 aliphatic heterocycles. The zero-order valence-corrected chi connectivity index (χ0v) is 12.9. The Kier molecular flexibility index (Phi) is 4.17. The third kappa shape index (κ3) is 2.87. The summed E-state index contributed by atoms with van der Waals surface area (Å²) in [6, 6.07) is 4.40. The van der Waals surface area contributed by atoms with Crippen LogP contribution in [0.5, 0.6) is 0 Å². The van der Waals surface area contributed by atoms with E-state index in [9.17, 15) is 4.39 Å². The predicted molar refractivity (Wildman–Crippen MR) is 78.9 cm³/mol. The first kappa shape index (κ1) is 15.0. The molecule has 0 fully saturated rings. The van der Waals surface area contributed by atoms with Crippen molar-refractivity contribution in [2.24, 2.45) is 5.84 Å². The van der Waals surface area contributed by atoms with E-state index in [0.29, 0.717) is 0 Å². The maximum absolute atomic E-state index is 13.5. The lowest BCUT2D eigenvalue weighted by atomic mass is 9.88. The van der Waals surface area contributed by atoms with Crippen LogP contribution in [-0.4, -0.2) is 9.59 Å². The molecule has 0 amide bonds. The molecule has 4 nitrogen and oxygen atoms in total. The van der Waals surface area contributed by atoms with E-state index in [4.69, 9.17) is 5.84 Å². The van der Waals surface area contributed by atoms with Gasteiger partial charge < -0.3 is 0 Å². The van der Waals surface area contributed by atoms with Gasteiger partial charge in [-0.15, -0.1) is 5.10 Å². The number of nitrogens with zero attached hydrogens (tertiary/aromatic N) is 2. The minimum Gasteiger partial charge on any atom is -0.271 e. The van der Waals surface area contributed by atoms with Gasteiger partial charge in [-0.05, 0) is 41.7 Å². The number of hydrogen-bond donors (Lipinski definition) is 2. The normalized spacial score (nSPS) is 13.5. The Morgan fingerprint density at radius 1 is 1.35 bits per heavy atom. The smallest absolute Gasteiger partial charge is 0.123 e. The third-order valence-electron chi connectivity index (χ3n) is 3.20.